The first-order valence-corrected chi connectivity index (χ1v) is 4.16. The molecule has 0 atom stereocenters. The summed E-state index contributed by atoms with van der Waals surface area (Å²) in [5.74, 6) is 0.212. The highest BCUT2D eigenvalue weighted by Crippen LogP contribution is 2.22. The van der Waals surface area contributed by atoms with Crippen LogP contribution in [0.25, 0.3) is 11.0 Å². The lowest BCUT2D eigenvalue weighted by atomic mass is 10.2. The van der Waals surface area contributed by atoms with Crippen molar-refractivity contribution in [3.05, 3.63) is 29.0 Å². The molecule has 0 saturated carbocycles. The smallest absolute Gasteiger partial charge is 0.148 e. The Morgan fingerprint density at radius 3 is 2.85 bits per heavy atom. The summed E-state index contributed by atoms with van der Waals surface area (Å²) in [6, 6.07) is 3.33. The minimum absolute atomic E-state index is 0.212. The Balaban J connectivity index is 2.81. The zero-order chi connectivity index (χ0) is 9.42. The maximum absolute atomic E-state index is 9.40. The molecule has 2 rings (SSSR count). The van der Waals surface area contributed by atoms with E-state index in [0.717, 1.165) is 11.1 Å². The van der Waals surface area contributed by atoms with Crippen molar-refractivity contribution in [3.8, 4) is 5.75 Å². The Labute approximate surface area is 80.0 Å². The molecule has 0 saturated heterocycles. The van der Waals surface area contributed by atoms with Gasteiger partial charge in [-0.15, -0.1) is 0 Å². The van der Waals surface area contributed by atoms with Crippen molar-refractivity contribution in [2.45, 2.75) is 6.92 Å². The van der Waals surface area contributed by atoms with Crippen LogP contribution < -0.4 is 0 Å². The zero-order valence-electron chi connectivity index (χ0n) is 6.95. The fraction of sp³-hybridized carbons (Fsp3) is 0.111. The van der Waals surface area contributed by atoms with Gasteiger partial charge in [-0.25, -0.2) is 4.98 Å². The molecule has 0 unspecified atom stereocenters. The molecular weight excluding hydrogens is 188 g/mol. The van der Waals surface area contributed by atoms with Gasteiger partial charge in [0.25, 0.3) is 0 Å². The topological polar surface area (TPSA) is 46.0 Å². The lowest BCUT2D eigenvalue weighted by Gasteiger charge is -2.00. The third-order valence-corrected chi connectivity index (χ3v) is 2.01. The van der Waals surface area contributed by atoms with Gasteiger partial charge in [-0.1, -0.05) is 11.6 Å². The molecule has 1 aromatic carbocycles. The van der Waals surface area contributed by atoms with Crippen LogP contribution in [0.15, 0.2) is 18.3 Å². The average molecular weight is 195 g/mol. The van der Waals surface area contributed by atoms with Crippen LogP contribution in [0.1, 0.15) is 5.56 Å². The van der Waals surface area contributed by atoms with Crippen LogP contribution in [0.4, 0.5) is 0 Å². The fourth-order valence-electron chi connectivity index (χ4n) is 1.13. The number of benzene rings is 1. The Morgan fingerprint density at radius 1 is 1.31 bits per heavy atom. The number of nitrogens with zero attached hydrogens (tertiary/aromatic N) is 2. The molecule has 0 amide bonds. The SMILES string of the molecule is Cc1cc2ncc(Cl)nc2cc1O. The number of hydrogen-bond acceptors (Lipinski definition) is 3. The second kappa shape index (κ2) is 2.85. The van der Waals surface area contributed by atoms with Crippen LogP contribution in [-0.2, 0) is 0 Å². The van der Waals surface area contributed by atoms with E-state index in [-0.39, 0.29) is 5.75 Å². The molecule has 0 fully saturated rings. The molecule has 0 aliphatic carbocycles. The summed E-state index contributed by atoms with van der Waals surface area (Å²) in [5.41, 5.74) is 2.12. The number of hydrogen-bond donors (Lipinski definition) is 1. The van der Waals surface area contributed by atoms with Crippen LogP contribution >= 0.6 is 11.6 Å². The van der Waals surface area contributed by atoms with E-state index in [2.05, 4.69) is 9.97 Å². The van der Waals surface area contributed by atoms with Gasteiger partial charge in [0, 0.05) is 6.07 Å². The van der Waals surface area contributed by atoms with Gasteiger partial charge in [0.2, 0.25) is 0 Å². The third-order valence-electron chi connectivity index (χ3n) is 1.83. The molecule has 0 aliphatic rings. The summed E-state index contributed by atoms with van der Waals surface area (Å²) in [5, 5.41) is 9.73. The van der Waals surface area contributed by atoms with Crippen molar-refractivity contribution in [2.75, 3.05) is 0 Å². The van der Waals surface area contributed by atoms with E-state index in [1.807, 2.05) is 6.92 Å². The molecule has 1 aromatic heterocycles. The van der Waals surface area contributed by atoms with Crippen molar-refractivity contribution in [1.29, 1.82) is 0 Å². The largest absolute Gasteiger partial charge is 0.508 e. The first-order chi connectivity index (χ1) is 6.16. The molecule has 13 heavy (non-hydrogen) atoms. The molecule has 0 spiro atoms. The van der Waals surface area contributed by atoms with Crippen LogP contribution in [0.5, 0.6) is 5.75 Å². The summed E-state index contributed by atoms with van der Waals surface area (Å²) in [4.78, 5) is 8.10. The highest BCUT2D eigenvalue weighted by Gasteiger charge is 2.02. The first kappa shape index (κ1) is 8.26. The van der Waals surface area contributed by atoms with E-state index in [0.29, 0.717) is 10.7 Å². The molecule has 0 bridgehead atoms. The Kier molecular flexibility index (Phi) is 1.81. The Bertz CT molecular complexity index is 470. The van der Waals surface area contributed by atoms with Gasteiger partial charge in [-0.3, -0.25) is 4.98 Å². The minimum Gasteiger partial charge on any atom is -0.508 e. The third kappa shape index (κ3) is 1.42. The lowest BCUT2D eigenvalue weighted by molar-refractivity contribution is 0.472. The number of phenols is 1. The molecule has 3 nitrogen and oxygen atoms in total. The number of phenolic OH excluding ortho intramolecular Hbond substituents is 1. The van der Waals surface area contributed by atoms with E-state index < -0.39 is 0 Å². The molecule has 0 aliphatic heterocycles. The summed E-state index contributed by atoms with van der Waals surface area (Å²) < 4.78 is 0. The number of rotatable bonds is 0. The standard InChI is InChI=1S/C9H7ClN2O/c1-5-2-6-7(3-8(5)13)12-9(10)4-11-6/h2-4,13H,1H3. The first-order valence-electron chi connectivity index (χ1n) is 3.78. The van der Waals surface area contributed by atoms with E-state index in [4.69, 9.17) is 11.6 Å². The van der Waals surface area contributed by atoms with Gasteiger partial charge in [0.05, 0.1) is 17.2 Å². The maximum Gasteiger partial charge on any atom is 0.148 e. The number of aromatic hydroxyl groups is 1. The van der Waals surface area contributed by atoms with Crippen molar-refractivity contribution in [3.63, 3.8) is 0 Å². The van der Waals surface area contributed by atoms with E-state index >= 15 is 0 Å². The second-order valence-electron chi connectivity index (χ2n) is 2.82. The van der Waals surface area contributed by atoms with Crippen molar-refractivity contribution >= 4 is 22.6 Å². The predicted molar refractivity (Wildman–Crippen MR) is 50.9 cm³/mol. The van der Waals surface area contributed by atoms with Crippen molar-refractivity contribution < 1.29 is 5.11 Å². The highest BCUT2D eigenvalue weighted by molar-refractivity contribution is 6.29. The van der Waals surface area contributed by atoms with Gasteiger partial charge in [-0.2, -0.15) is 0 Å². The van der Waals surface area contributed by atoms with Crippen LogP contribution in [0, 0.1) is 6.92 Å². The molecular formula is C9H7ClN2O. The van der Waals surface area contributed by atoms with Crippen molar-refractivity contribution in [2.24, 2.45) is 0 Å². The minimum atomic E-state index is 0.212. The van der Waals surface area contributed by atoms with Gasteiger partial charge >= 0.3 is 0 Å². The second-order valence-corrected chi connectivity index (χ2v) is 3.21. The molecule has 1 N–H and O–H groups in total. The average Bonchev–Trinajstić information content (AvgIpc) is 2.08. The van der Waals surface area contributed by atoms with Crippen molar-refractivity contribution in [1.82, 2.24) is 9.97 Å². The molecule has 1 heterocycles. The molecule has 66 valence electrons. The molecule has 4 heteroatoms. The fourth-order valence-corrected chi connectivity index (χ4v) is 1.27. The number of aromatic nitrogens is 2. The quantitative estimate of drug-likeness (QED) is 0.700. The van der Waals surface area contributed by atoms with Crippen LogP contribution in [-0.4, -0.2) is 15.1 Å². The monoisotopic (exact) mass is 194 g/mol. The van der Waals surface area contributed by atoms with E-state index in [1.54, 1.807) is 12.1 Å². The van der Waals surface area contributed by atoms with E-state index in [1.165, 1.54) is 6.20 Å². The van der Waals surface area contributed by atoms with Gasteiger partial charge in [-0.05, 0) is 18.6 Å². The summed E-state index contributed by atoms with van der Waals surface area (Å²) in [7, 11) is 0. The van der Waals surface area contributed by atoms with E-state index in [9.17, 15) is 5.11 Å². The normalized spacial score (nSPS) is 10.6. The molecule has 0 radical (unpaired) electrons. The Morgan fingerprint density at radius 2 is 2.08 bits per heavy atom. The number of aryl methyl sites for hydroxylation is 1. The molecule has 2 aromatic rings. The van der Waals surface area contributed by atoms with Gasteiger partial charge in [0.15, 0.2) is 0 Å². The van der Waals surface area contributed by atoms with Gasteiger partial charge in [0.1, 0.15) is 10.9 Å². The van der Waals surface area contributed by atoms with Gasteiger partial charge < -0.3 is 5.11 Å². The Hall–Kier alpha value is -1.35. The zero-order valence-corrected chi connectivity index (χ0v) is 7.71. The summed E-state index contributed by atoms with van der Waals surface area (Å²) >= 11 is 5.66. The van der Waals surface area contributed by atoms with Crippen LogP contribution in [0.3, 0.4) is 0 Å². The lowest BCUT2D eigenvalue weighted by Crippen LogP contribution is -1.85. The highest BCUT2D eigenvalue weighted by atomic mass is 35.5. The predicted octanol–water partition coefficient (Wildman–Crippen LogP) is 2.30. The maximum atomic E-state index is 9.40. The number of fused-ring (bicyclic) bond motifs is 1. The summed E-state index contributed by atoms with van der Waals surface area (Å²) in [6.45, 7) is 1.81. The van der Waals surface area contributed by atoms with Crippen LogP contribution in [0.2, 0.25) is 5.15 Å². The summed E-state index contributed by atoms with van der Waals surface area (Å²) in [6.07, 6.45) is 1.49. The number of halogens is 1.